The van der Waals surface area contributed by atoms with Gasteiger partial charge < -0.3 is 5.32 Å². The van der Waals surface area contributed by atoms with Crippen LogP contribution in [0.4, 0.5) is 4.39 Å². The Balaban J connectivity index is 1.97. The summed E-state index contributed by atoms with van der Waals surface area (Å²) in [6.07, 6.45) is 4.11. The normalized spacial score (nSPS) is 18.1. The summed E-state index contributed by atoms with van der Waals surface area (Å²) in [5.74, 6) is 1.23. The van der Waals surface area contributed by atoms with Gasteiger partial charge >= 0.3 is 0 Å². The Morgan fingerprint density at radius 1 is 1.24 bits per heavy atom. The van der Waals surface area contributed by atoms with E-state index in [2.05, 4.69) is 19.2 Å². The summed E-state index contributed by atoms with van der Waals surface area (Å²) >= 11 is 0. The first-order chi connectivity index (χ1) is 8.16. The van der Waals surface area contributed by atoms with Gasteiger partial charge in [-0.2, -0.15) is 0 Å². The molecule has 0 aromatic heterocycles. The average molecular weight is 235 g/mol. The van der Waals surface area contributed by atoms with Gasteiger partial charge in [0.2, 0.25) is 0 Å². The predicted molar refractivity (Wildman–Crippen MR) is 69.3 cm³/mol. The van der Waals surface area contributed by atoms with E-state index < -0.39 is 0 Å². The van der Waals surface area contributed by atoms with Gasteiger partial charge in [-0.05, 0) is 48.9 Å². The van der Waals surface area contributed by atoms with Crippen molar-refractivity contribution >= 4 is 0 Å². The molecule has 1 atom stereocenters. The zero-order chi connectivity index (χ0) is 12.3. The highest BCUT2D eigenvalue weighted by molar-refractivity contribution is 5.20. The van der Waals surface area contributed by atoms with Gasteiger partial charge in [-0.3, -0.25) is 0 Å². The lowest BCUT2D eigenvalue weighted by molar-refractivity contribution is 0.274. The highest BCUT2D eigenvalue weighted by atomic mass is 19.1. The number of rotatable bonds is 5. The van der Waals surface area contributed by atoms with Crippen LogP contribution < -0.4 is 5.32 Å². The number of benzene rings is 1. The van der Waals surface area contributed by atoms with Crippen LogP contribution in [0, 0.1) is 17.7 Å². The molecule has 0 heterocycles. The van der Waals surface area contributed by atoms with Crippen molar-refractivity contribution in [3.05, 3.63) is 35.6 Å². The first kappa shape index (κ1) is 12.6. The van der Waals surface area contributed by atoms with Crippen molar-refractivity contribution in [3.8, 4) is 0 Å². The molecule has 1 aromatic carbocycles. The predicted octanol–water partition coefficient (Wildman–Crippen LogP) is 3.91. The molecule has 0 aliphatic heterocycles. The molecule has 1 N–H and O–H groups in total. The molecule has 94 valence electrons. The highest BCUT2D eigenvalue weighted by Crippen LogP contribution is 2.28. The molecule has 0 spiro atoms. The smallest absolute Gasteiger partial charge is 0.123 e. The van der Waals surface area contributed by atoms with E-state index in [4.69, 9.17) is 0 Å². The minimum absolute atomic E-state index is 0.157. The van der Waals surface area contributed by atoms with Gasteiger partial charge in [0.25, 0.3) is 0 Å². The molecule has 1 aliphatic carbocycles. The number of nitrogens with one attached hydrogen (secondary N) is 1. The van der Waals surface area contributed by atoms with Crippen LogP contribution in [0.1, 0.15) is 44.7 Å². The van der Waals surface area contributed by atoms with E-state index in [0.717, 1.165) is 12.5 Å². The second-order valence-electron chi connectivity index (χ2n) is 5.48. The summed E-state index contributed by atoms with van der Waals surface area (Å²) in [6, 6.07) is 7.24. The van der Waals surface area contributed by atoms with E-state index >= 15 is 0 Å². The summed E-state index contributed by atoms with van der Waals surface area (Å²) in [5, 5.41) is 3.63. The SMILES string of the molecule is CC(C)C(NCC1CCC1)c1ccc(F)cc1. The first-order valence-corrected chi connectivity index (χ1v) is 6.65. The fourth-order valence-corrected chi connectivity index (χ4v) is 2.40. The molecular weight excluding hydrogens is 213 g/mol. The second kappa shape index (κ2) is 5.63. The molecule has 0 bridgehead atoms. The third kappa shape index (κ3) is 3.29. The largest absolute Gasteiger partial charge is 0.309 e. The molecule has 1 aromatic rings. The van der Waals surface area contributed by atoms with Gasteiger partial charge in [-0.1, -0.05) is 32.4 Å². The van der Waals surface area contributed by atoms with E-state index in [-0.39, 0.29) is 5.82 Å². The number of hydrogen-bond donors (Lipinski definition) is 1. The minimum Gasteiger partial charge on any atom is -0.309 e. The molecule has 1 unspecified atom stereocenters. The average Bonchev–Trinajstić information content (AvgIpc) is 2.23. The van der Waals surface area contributed by atoms with Crippen molar-refractivity contribution in [2.75, 3.05) is 6.54 Å². The van der Waals surface area contributed by atoms with Crippen molar-refractivity contribution in [1.29, 1.82) is 0 Å². The topological polar surface area (TPSA) is 12.0 Å². The van der Waals surface area contributed by atoms with Crippen molar-refractivity contribution in [2.24, 2.45) is 11.8 Å². The molecule has 1 nitrogen and oxygen atoms in total. The lowest BCUT2D eigenvalue weighted by atomic mass is 9.84. The fourth-order valence-electron chi connectivity index (χ4n) is 2.40. The Labute approximate surface area is 103 Å². The summed E-state index contributed by atoms with van der Waals surface area (Å²) < 4.78 is 12.9. The van der Waals surface area contributed by atoms with E-state index in [9.17, 15) is 4.39 Å². The first-order valence-electron chi connectivity index (χ1n) is 6.65. The quantitative estimate of drug-likeness (QED) is 0.816. The second-order valence-corrected chi connectivity index (χ2v) is 5.48. The fraction of sp³-hybridized carbons (Fsp3) is 0.600. The lowest BCUT2D eigenvalue weighted by Gasteiger charge is -2.30. The van der Waals surface area contributed by atoms with Crippen LogP contribution in [0.5, 0.6) is 0 Å². The van der Waals surface area contributed by atoms with Crippen molar-refractivity contribution in [1.82, 2.24) is 5.32 Å². The van der Waals surface area contributed by atoms with E-state index in [1.807, 2.05) is 12.1 Å². The molecule has 1 aliphatic rings. The maximum absolute atomic E-state index is 12.9. The van der Waals surface area contributed by atoms with Crippen LogP contribution in [0.25, 0.3) is 0 Å². The molecule has 17 heavy (non-hydrogen) atoms. The summed E-state index contributed by atoms with van der Waals surface area (Å²) in [6.45, 7) is 5.52. The van der Waals surface area contributed by atoms with Gasteiger partial charge in [0.05, 0.1) is 0 Å². The minimum atomic E-state index is -0.157. The maximum Gasteiger partial charge on any atom is 0.123 e. The van der Waals surface area contributed by atoms with E-state index in [1.54, 1.807) is 12.1 Å². The van der Waals surface area contributed by atoms with Crippen molar-refractivity contribution < 1.29 is 4.39 Å². The molecule has 2 heteroatoms. The Kier molecular flexibility index (Phi) is 4.16. The van der Waals surface area contributed by atoms with Crippen LogP contribution in [0.3, 0.4) is 0 Å². The van der Waals surface area contributed by atoms with Gasteiger partial charge in [-0.15, -0.1) is 0 Å². The van der Waals surface area contributed by atoms with Crippen molar-refractivity contribution in [2.45, 2.75) is 39.2 Å². The van der Waals surface area contributed by atoms with Crippen LogP contribution in [-0.4, -0.2) is 6.54 Å². The van der Waals surface area contributed by atoms with Gasteiger partial charge in [-0.25, -0.2) is 4.39 Å². The van der Waals surface area contributed by atoms with Crippen LogP contribution >= 0.6 is 0 Å². The Hall–Kier alpha value is -0.890. The van der Waals surface area contributed by atoms with Crippen molar-refractivity contribution in [3.63, 3.8) is 0 Å². The van der Waals surface area contributed by atoms with Crippen LogP contribution in [-0.2, 0) is 0 Å². The van der Waals surface area contributed by atoms with Crippen LogP contribution in [0.2, 0.25) is 0 Å². The van der Waals surface area contributed by atoms with Crippen LogP contribution in [0.15, 0.2) is 24.3 Å². The van der Waals surface area contributed by atoms with Gasteiger partial charge in [0.1, 0.15) is 5.82 Å². The number of halogens is 1. The Bertz CT molecular complexity index is 340. The maximum atomic E-state index is 12.9. The standard InChI is InChI=1S/C15H22FN/c1-11(2)15(17-10-12-4-3-5-12)13-6-8-14(16)9-7-13/h6-9,11-12,15,17H,3-5,10H2,1-2H3. The molecule has 0 saturated heterocycles. The summed E-state index contributed by atoms with van der Waals surface area (Å²) in [5.41, 5.74) is 1.20. The zero-order valence-corrected chi connectivity index (χ0v) is 10.7. The molecule has 0 radical (unpaired) electrons. The zero-order valence-electron chi connectivity index (χ0n) is 10.7. The molecule has 0 amide bonds. The molecule has 1 fully saturated rings. The third-order valence-corrected chi connectivity index (χ3v) is 3.75. The lowest BCUT2D eigenvalue weighted by Crippen LogP contribution is -2.33. The molecule has 1 saturated carbocycles. The van der Waals surface area contributed by atoms with Gasteiger partial charge in [0, 0.05) is 6.04 Å². The monoisotopic (exact) mass is 235 g/mol. The highest BCUT2D eigenvalue weighted by Gasteiger charge is 2.21. The molecule has 2 rings (SSSR count). The Morgan fingerprint density at radius 3 is 2.35 bits per heavy atom. The summed E-state index contributed by atoms with van der Waals surface area (Å²) in [7, 11) is 0. The Morgan fingerprint density at radius 2 is 1.88 bits per heavy atom. The van der Waals surface area contributed by atoms with E-state index in [0.29, 0.717) is 12.0 Å². The third-order valence-electron chi connectivity index (χ3n) is 3.75. The van der Waals surface area contributed by atoms with Gasteiger partial charge in [0.15, 0.2) is 0 Å². The van der Waals surface area contributed by atoms with E-state index in [1.165, 1.54) is 24.8 Å². The summed E-state index contributed by atoms with van der Waals surface area (Å²) in [4.78, 5) is 0. The number of hydrogen-bond acceptors (Lipinski definition) is 1. The molecular formula is C15H22FN.